The van der Waals surface area contributed by atoms with E-state index in [9.17, 15) is 0 Å². The zero-order chi connectivity index (χ0) is 31.3. The van der Waals surface area contributed by atoms with Gasteiger partial charge in [-0.2, -0.15) is 0 Å². The van der Waals surface area contributed by atoms with Crippen molar-refractivity contribution in [3.63, 3.8) is 0 Å². The average Bonchev–Trinajstić information content (AvgIpc) is 3.74. The Morgan fingerprint density at radius 1 is 0.553 bits per heavy atom. The molecule has 0 saturated heterocycles. The first-order valence-electron chi connectivity index (χ1n) is 16.1. The van der Waals surface area contributed by atoms with Crippen molar-refractivity contribution < 1.29 is 0 Å². The van der Waals surface area contributed by atoms with Gasteiger partial charge in [-0.15, -0.1) is 11.3 Å². The second kappa shape index (κ2) is 9.82. The van der Waals surface area contributed by atoms with Crippen molar-refractivity contribution in [1.82, 2.24) is 14.5 Å². The zero-order valence-corrected chi connectivity index (χ0v) is 27.8. The van der Waals surface area contributed by atoms with Crippen LogP contribution in [0.3, 0.4) is 0 Å². The van der Waals surface area contributed by atoms with Gasteiger partial charge in [0.2, 0.25) is 0 Å². The van der Waals surface area contributed by atoms with Crippen LogP contribution in [0.2, 0.25) is 13.1 Å². The summed E-state index contributed by atoms with van der Waals surface area (Å²) in [7, 11) is -2.02. The van der Waals surface area contributed by atoms with Gasteiger partial charge in [-0.25, -0.2) is 9.97 Å². The lowest BCUT2D eigenvalue weighted by Crippen LogP contribution is -2.50. The van der Waals surface area contributed by atoms with Crippen LogP contribution < -0.4 is 10.5 Å². The molecule has 0 spiro atoms. The third kappa shape index (κ3) is 3.78. The van der Waals surface area contributed by atoms with E-state index in [0.717, 1.165) is 28.3 Å². The Morgan fingerprint density at radius 3 is 2.13 bits per heavy atom. The molecule has 10 rings (SSSR count). The van der Waals surface area contributed by atoms with Gasteiger partial charge in [-0.3, -0.25) is 0 Å². The largest absolute Gasteiger partial charge is 0.309 e. The molecule has 0 atom stereocenters. The third-order valence-electron chi connectivity index (χ3n) is 9.98. The Balaban J connectivity index is 1.17. The predicted octanol–water partition coefficient (Wildman–Crippen LogP) is 10.1. The topological polar surface area (TPSA) is 30.7 Å². The van der Waals surface area contributed by atoms with Crippen LogP contribution in [0.5, 0.6) is 0 Å². The van der Waals surface area contributed by atoms with Crippen LogP contribution >= 0.6 is 11.3 Å². The summed E-state index contributed by atoms with van der Waals surface area (Å²) in [5, 5.41) is 7.94. The van der Waals surface area contributed by atoms with Gasteiger partial charge in [-0.05, 0) is 59.3 Å². The molecule has 6 aromatic carbocycles. The number of benzene rings is 6. The molecule has 47 heavy (non-hydrogen) atoms. The molecule has 5 heteroatoms. The van der Waals surface area contributed by atoms with E-state index in [0.29, 0.717) is 0 Å². The molecule has 0 bridgehead atoms. The molecule has 0 saturated carbocycles. The summed E-state index contributed by atoms with van der Waals surface area (Å²) >= 11 is 1.87. The lowest BCUT2D eigenvalue weighted by molar-refractivity contribution is 1.17. The molecule has 4 heterocycles. The van der Waals surface area contributed by atoms with Gasteiger partial charge < -0.3 is 4.57 Å². The van der Waals surface area contributed by atoms with Crippen LogP contribution in [-0.4, -0.2) is 22.6 Å². The zero-order valence-electron chi connectivity index (χ0n) is 26.0. The van der Waals surface area contributed by atoms with E-state index in [1.54, 1.807) is 0 Å². The highest BCUT2D eigenvalue weighted by molar-refractivity contribution is 7.26. The second-order valence-corrected chi connectivity index (χ2v) is 18.3. The Morgan fingerprint density at radius 2 is 1.28 bits per heavy atom. The van der Waals surface area contributed by atoms with Crippen LogP contribution in [0.4, 0.5) is 0 Å². The normalized spacial score (nSPS) is 13.5. The summed E-state index contributed by atoms with van der Waals surface area (Å²) in [5.41, 5.74) is 9.24. The molecule has 0 N–H and O–H groups in total. The average molecular weight is 636 g/mol. The Kier molecular flexibility index (Phi) is 5.60. The van der Waals surface area contributed by atoms with E-state index in [-0.39, 0.29) is 0 Å². The highest BCUT2D eigenvalue weighted by Crippen LogP contribution is 2.43. The minimum atomic E-state index is -2.02. The molecule has 3 nitrogen and oxygen atoms in total. The van der Waals surface area contributed by atoms with Gasteiger partial charge in [0.05, 0.1) is 16.7 Å². The molecule has 222 valence electrons. The number of aromatic nitrogens is 3. The van der Waals surface area contributed by atoms with E-state index in [2.05, 4.69) is 157 Å². The minimum absolute atomic E-state index is 0.788. The van der Waals surface area contributed by atoms with Gasteiger partial charge in [0.25, 0.3) is 0 Å². The van der Waals surface area contributed by atoms with E-state index in [1.807, 2.05) is 11.3 Å². The van der Waals surface area contributed by atoms with Crippen molar-refractivity contribution >= 4 is 71.9 Å². The summed E-state index contributed by atoms with van der Waals surface area (Å²) in [6.07, 6.45) is 0. The molecule has 0 unspecified atom stereocenters. The fourth-order valence-electron chi connectivity index (χ4n) is 7.79. The Bertz CT molecular complexity index is 2700. The van der Waals surface area contributed by atoms with E-state index >= 15 is 0 Å². The maximum atomic E-state index is 5.37. The van der Waals surface area contributed by atoms with Crippen LogP contribution in [0.1, 0.15) is 0 Å². The van der Waals surface area contributed by atoms with Gasteiger partial charge in [-0.1, -0.05) is 104 Å². The minimum Gasteiger partial charge on any atom is -0.309 e. The highest BCUT2D eigenvalue weighted by atomic mass is 32.1. The number of thiophene rings is 1. The highest BCUT2D eigenvalue weighted by Gasteiger charge is 2.41. The van der Waals surface area contributed by atoms with Crippen molar-refractivity contribution in [3.05, 3.63) is 140 Å². The lowest BCUT2D eigenvalue weighted by atomic mass is 10.0. The van der Waals surface area contributed by atoms with Crippen molar-refractivity contribution in [1.29, 1.82) is 0 Å². The predicted molar refractivity (Wildman–Crippen MR) is 202 cm³/mol. The molecular formula is C42H29N3SSi. The lowest BCUT2D eigenvalue weighted by Gasteiger charge is -2.19. The van der Waals surface area contributed by atoms with Crippen molar-refractivity contribution in [3.8, 4) is 39.5 Å². The summed E-state index contributed by atoms with van der Waals surface area (Å²) < 4.78 is 5.06. The maximum Gasteiger partial charge on any atom is 0.159 e. The van der Waals surface area contributed by atoms with Gasteiger partial charge in [0.1, 0.15) is 8.07 Å². The van der Waals surface area contributed by atoms with Crippen molar-refractivity contribution in [2.45, 2.75) is 13.1 Å². The summed E-state index contributed by atoms with van der Waals surface area (Å²) in [4.78, 5) is 10.7. The molecule has 3 aromatic heterocycles. The quantitative estimate of drug-likeness (QED) is 0.181. The number of fused-ring (bicyclic) bond motifs is 10. The van der Waals surface area contributed by atoms with Crippen LogP contribution in [0, 0.1) is 0 Å². The molecule has 0 aliphatic carbocycles. The van der Waals surface area contributed by atoms with E-state index in [4.69, 9.17) is 9.97 Å². The fourth-order valence-corrected chi connectivity index (χ4v) is 11.8. The van der Waals surface area contributed by atoms with Gasteiger partial charge in [0.15, 0.2) is 5.82 Å². The SMILES string of the molecule is C[Si]1(C)c2ccccc2-c2c(-c3ccccc3)nc(-c3ccc(-n4c5ccccc5c5c6c(ccc54)sc4ccccc46)cc3)nc21. The van der Waals surface area contributed by atoms with Gasteiger partial charge >= 0.3 is 0 Å². The van der Waals surface area contributed by atoms with Crippen LogP contribution in [0.25, 0.3) is 81.4 Å². The number of hydrogen-bond donors (Lipinski definition) is 0. The first kappa shape index (κ1) is 26.8. The molecule has 1 aliphatic heterocycles. The summed E-state index contributed by atoms with van der Waals surface area (Å²) in [6.45, 7) is 4.84. The Labute approximate surface area is 277 Å². The van der Waals surface area contributed by atoms with Crippen molar-refractivity contribution in [2.75, 3.05) is 0 Å². The fraction of sp³-hybridized carbons (Fsp3) is 0.0476. The maximum absolute atomic E-state index is 5.37. The molecule has 0 radical (unpaired) electrons. The molecular weight excluding hydrogens is 607 g/mol. The summed E-state index contributed by atoms with van der Waals surface area (Å²) in [5.74, 6) is 0.788. The monoisotopic (exact) mass is 635 g/mol. The van der Waals surface area contributed by atoms with Crippen LogP contribution in [-0.2, 0) is 0 Å². The number of hydrogen-bond acceptors (Lipinski definition) is 3. The molecule has 0 amide bonds. The molecule has 9 aromatic rings. The number of para-hydroxylation sites is 1. The number of rotatable bonds is 3. The van der Waals surface area contributed by atoms with E-state index < -0.39 is 8.07 Å². The van der Waals surface area contributed by atoms with Crippen molar-refractivity contribution in [2.24, 2.45) is 0 Å². The molecule has 0 fully saturated rings. The Hall–Kier alpha value is -5.36. The molecule has 1 aliphatic rings. The summed E-state index contributed by atoms with van der Waals surface area (Å²) in [6, 6.07) is 50.5. The second-order valence-electron chi connectivity index (χ2n) is 13.0. The third-order valence-corrected chi connectivity index (χ3v) is 14.4. The first-order chi connectivity index (χ1) is 23.1. The standard InChI is InChI=1S/C42H29N3SSi/c1-47(2)36-19-11-8-16-31(36)39-40(26-12-4-3-5-13-26)43-41(44-42(39)47)27-20-22-28(23-21-27)45-32-17-9-6-14-29(32)37-33(45)24-25-35-38(37)30-15-7-10-18-34(30)46-35/h3-25H,1-2H3. The van der Waals surface area contributed by atoms with Gasteiger partial charge in [0, 0.05) is 58.6 Å². The number of nitrogens with zero attached hydrogens (tertiary/aromatic N) is 3. The smallest absolute Gasteiger partial charge is 0.159 e. The van der Waals surface area contributed by atoms with Crippen LogP contribution in [0.15, 0.2) is 140 Å². The first-order valence-corrected chi connectivity index (χ1v) is 19.9. The van der Waals surface area contributed by atoms with E-state index in [1.165, 1.54) is 63.6 Å².